The molecule has 2 aromatic rings. The lowest BCUT2D eigenvalue weighted by atomic mass is 10.1. The van der Waals surface area contributed by atoms with Gasteiger partial charge in [-0.3, -0.25) is 4.79 Å². The second-order valence-corrected chi connectivity index (χ2v) is 6.94. The first kappa shape index (κ1) is 16.1. The minimum absolute atomic E-state index is 0.184. The largest absolute Gasteiger partial charge is 0.385 e. The van der Waals surface area contributed by atoms with Crippen molar-refractivity contribution in [3.63, 3.8) is 0 Å². The number of benzene rings is 2. The Kier molecular flexibility index (Phi) is 4.71. The molecule has 0 saturated heterocycles. The first-order valence-electron chi connectivity index (χ1n) is 7.96. The molecular weight excluding hydrogens is 352 g/mol. The van der Waals surface area contributed by atoms with Gasteiger partial charge in [0.25, 0.3) is 0 Å². The predicted molar refractivity (Wildman–Crippen MR) is 99.1 cm³/mol. The van der Waals surface area contributed by atoms with Crippen LogP contribution in [0, 0.1) is 6.92 Å². The Hall–Kier alpha value is -1.81. The summed E-state index contributed by atoms with van der Waals surface area (Å²) in [5, 5.41) is 3.34. The summed E-state index contributed by atoms with van der Waals surface area (Å²) in [5.74, 6) is 0.184. The van der Waals surface area contributed by atoms with E-state index in [4.69, 9.17) is 0 Å². The number of para-hydroxylation sites is 1. The maximum absolute atomic E-state index is 12.6. The van der Waals surface area contributed by atoms with Crippen molar-refractivity contribution >= 4 is 33.2 Å². The van der Waals surface area contributed by atoms with Crippen molar-refractivity contribution in [1.82, 2.24) is 0 Å². The maximum Gasteiger partial charge on any atom is 0.229 e. The topological polar surface area (TPSA) is 32.3 Å². The zero-order valence-corrected chi connectivity index (χ0v) is 15.1. The maximum atomic E-state index is 12.6. The van der Waals surface area contributed by atoms with Gasteiger partial charge in [0.05, 0.1) is 0 Å². The fourth-order valence-corrected chi connectivity index (χ4v) is 3.38. The van der Waals surface area contributed by atoms with Gasteiger partial charge in [0.15, 0.2) is 0 Å². The van der Waals surface area contributed by atoms with Gasteiger partial charge in [-0.15, -0.1) is 0 Å². The number of nitrogens with zero attached hydrogens (tertiary/aromatic N) is 1. The van der Waals surface area contributed by atoms with Gasteiger partial charge in [0.1, 0.15) is 0 Å². The van der Waals surface area contributed by atoms with E-state index in [1.165, 1.54) is 11.1 Å². The Balaban J connectivity index is 1.60. The number of hydrogen-bond donors (Lipinski definition) is 1. The fraction of sp³-hybridized carbons (Fsp3) is 0.316. The number of halogens is 1. The third-order valence-corrected chi connectivity index (χ3v) is 5.19. The first-order valence-corrected chi connectivity index (χ1v) is 8.75. The van der Waals surface area contributed by atoms with Gasteiger partial charge in [-0.2, -0.15) is 0 Å². The molecule has 0 fully saturated rings. The summed E-state index contributed by atoms with van der Waals surface area (Å²) < 4.78 is 1.10. The number of anilines is 2. The highest BCUT2D eigenvalue weighted by Crippen LogP contribution is 2.32. The normalized spacial score (nSPS) is 16.3. The molecule has 0 aliphatic carbocycles. The number of carbonyl (C=O) groups is 1. The zero-order chi connectivity index (χ0) is 16.4. The molecule has 1 aliphatic heterocycles. The Labute approximate surface area is 145 Å². The highest BCUT2D eigenvalue weighted by Gasteiger charge is 2.29. The van der Waals surface area contributed by atoms with Gasteiger partial charge in [0, 0.05) is 34.9 Å². The summed E-state index contributed by atoms with van der Waals surface area (Å²) in [4.78, 5) is 14.6. The molecule has 3 rings (SSSR count). The molecule has 3 nitrogen and oxygen atoms in total. The van der Waals surface area contributed by atoms with Crippen LogP contribution in [-0.4, -0.2) is 18.5 Å². The van der Waals surface area contributed by atoms with Crippen molar-refractivity contribution in [2.45, 2.75) is 32.7 Å². The smallest absolute Gasteiger partial charge is 0.229 e. The molecule has 1 amide bonds. The second-order valence-electron chi connectivity index (χ2n) is 6.09. The molecule has 1 atom stereocenters. The average Bonchev–Trinajstić information content (AvgIpc) is 2.86. The van der Waals surface area contributed by atoms with E-state index in [2.05, 4.69) is 47.2 Å². The van der Waals surface area contributed by atoms with E-state index < -0.39 is 0 Å². The summed E-state index contributed by atoms with van der Waals surface area (Å²) >= 11 is 3.50. The summed E-state index contributed by atoms with van der Waals surface area (Å²) in [5.41, 5.74) is 4.58. The Bertz CT molecular complexity index is 729. The molecule has 1 aliphatic rings. The van der Waals surface area contributed by atoms with Crippen LogP contribution < -0.4 is 10.2 Å². The summed E-state index contributed by atoms with van der Waals surface area (Å²) in [6.07, 6.45) is 1.44. The molecule has 1 unspecified atom stereocenters. The third kappa shape index (κ3) is 3.42. The van der Waals surface area contributed by atoms with Crippen LogP contribution in [0.4, 0.5) is 11.4 Å². The number of hydrogen-bond acceptors (Lipinski definition) is 2. The Morgan fingerprint density at radius 1 is 1.30 bits per heavy atom. The molecule has 0 aromatic heterocycles. The first-order chi connectivity index (χ1) is 11.1. The molecule has 1 N–H and O–H groups in total. The van der Waals surface area contributed by atoms with Gasteiger partial charge in [-0.05, 0) is 55.7 Å². The lowest BCUT2D eigenvalue weighted by molar-refractivity contribution is -0.118. The van der Waals surface area contributed by atoms with E-state index >= 15 is 0 Å². The lowest BCUT2D eigenvalue weighted by Crippen LogP contribution is -2.36. The highest BCUT2D eigenvalue weighted by molar-refractivity contribution is 9.10. The van der Waals surface area contributed by atoms with Crippen LogP contribution in [0.5, 0.6) is 0 Å². The average molecular weight is 373 g/mol. The molecule has 2 aromatic carbocycles. The Morgan fingerprint density at radius 2 is 2.09 bits per heavy atom. The van der Waals surface area contributed by atoms with E-state index in [-0.39, 0.29) is 11.9 Å². The van der Waals surface area contributed by atoms with Crippen LogP contribution in [0.25, 0.3) is 0 Å². The molecule has 0 bridgehead atoms. The second kappa shape index (κ2) is 6.75. The van der Waals surface area contributed by atoms with E-state index in [1.54, 1.807) is 0 Å². The van der Waals surface area contributed by atoms with Gasteiger partial charge in [-0.1, -0.05) is 34.1 Å². The predicted octanol–water partition coefficient (Wildman–Crippen LogP) is 4.54. The summed E-state index contributed by atoms with van der Waals surface area (Å²) in [6.45, 7) is 4.82. The van der Waals surface area contributed by atoms with Gasteiger partial charge < -0.3 is 10.2 Å². The summed E-state index contributed by atoms with van der Waals surface area (Å²) in [7, 11) is 0. The van der Waals surface area contributed by atoms with Crippen LogP contribution in [0.3, 0.4) is 0 Å². The Morgan fingerprint density at radius 3 is 2.87 bits per heavy atom. The minimum Gasteiger partial charge on any atom is -0.385 e. The molecule has 0 radical (unpaired) electrons. The van der Waals surface area contributed by atoms with Gasteiger partial charge in [0.2, 0.25) is 5.91 Å². The lowest BCUT2D eigenvalue weighted by Gasteiger charge is -2.23. The van der Waals surface area contributed by atoms with Gasteiger partial charge >= 0.3 is 0 Å². The number of carbonyl (C=O) groups excluding carboxylic acids is 1. The van der Waals surface area contributed by atoms with Crippen molar-refractivity contribution in [1.29, 1.82) is 0 Å². The quantitative estimate of drug-likeness (QED) is 0.854. The molecular formula is C19H21BrN2O. The van der Waals surface area contributed by atoms with Crippen molar-refractivity contribution in [2.75, 3.05) is 16.8 Å². The van der Waals surface area contributed by atoms with Crippen LogP contribution in [-0.2, 0) is 11.2 Å². The van der Waals surface area contributed by atoms with Crippen molar-refractivity contribution < 1.29 is 4.79 Å². The number of fused-ring (bicyclic) bond motifs is 1. The van der Waals surface area contributed by atoms with Crippen molar-refractivity contribution in [3.05, 3.63) is 58.1 Å². The monoisotopic (exact) mass is 372 g/mol. The number of amides is 1. The number of rotatable bonds is 4. The zero-order valence-electron chi connectivity index (χ0n) is 13.5. The molecule has 23 heavy (non-hydrogen) atoms. The minimum atomic E-state index is 0.184. The molecule has 1 heterocycles. The van der Waals surface area contributed by atoms with E-state index in [0.717, 1.165) is 22.3 Å². The van der Waals surface area contributed by atoms with Crippen molar-refractivity contribution in [2.24, 2.45) is 0 Å². The summed E-state index contributed by atoms with van der Waals surface area (Å²) in [6, 6.07) is 14.6. The van der Waals surface area contributed by atoms with E-state index in [1.807, 2.05) is 35.2 Å². The SMILES string of the molecule is Cc1cc(NCCC(=O)N2c3ccccc3CC2C)ccc1Br. The fourth-order valence-electron chi connectivity index (χ4n) is 3.13. The van der Waals surface area contributed by atoms with Crippen LogP contribution in [0.1, 0.15) is 24.5 Å². The molecule has 0 saturated carbocycles. The third-order valence-electron chi connectivity index (χ3n) is 4.30. The number of nitrogens with one attached hydrogen (secondary N) is 1. The standard InChI is InChI=1S/C19H21BrN2O/c1-13-11-16(7-8-17(13)20)21-10-9-19(23)22-14(2)12-15-5-3-4-6-18(15)22/h3-8,11,14,21H,9-10,12H2,1-2H3. The molecule has 0 spiro atoms. The van der Waals surface area contributed by atoms with Crippen LogP contribution in [0.15, 0.2) is 46.9 Å². The van der Waals surface area contributed by atoms with Gasteiger partial charge in [-0.25, -0.2) is 0 Å². The van der Waals surface area contributed by atoms with Crippen LogP contribution >= 0.6 is 15.9 Å². The molecule has 4 heteroatoms. The van der Waals surface area contributed by atoms with Crippen LogP contribution in [0.2, 0.25) is 0 Å². The highest BCUT2D eigenvalue weighted by atomic mass is 79.9. The van der Waals surface area contributed by atoms with Crippen molar-refractivity contribution in [3.8, 4) is 0 Å². The van der Waals surface area contributed by atoms with E-state index in [0.29, 0.717) is 13.0 Å². The van der Waals surface area contributed by atoms with E-state index in [9.17, 15) is 4.79 Å². The molecule has 120 valence electrons. The number of aryl methyl sites for hydroxylation is 1.